The first kappa shape index (κ1) is 13.9. The minimum absolute atomic E-state index is 0.0532. The number of thioether (sulfide) groups is 1. The molecule has 2 unspecified atom stereocenters. The number of aryl methyl sites for hydroxylation is 1. The molecule has 3 rings (SSSR count). The van der Waals surface area contributed by atoms with Crippen LogP contribution in [0.4, 0.5) is 0 Å². The molecule has 1 aromatic heterocycles. The van der Waals surface area contributed by atoms with Crippen LogP contribution in [-0.2, 0) is 16.1 Å². The normalized spacial score (nSPS) is 28.8. The Morgan fingerprint density at radius 1 is 1.65 bits per heavy atom. The van der Waals surface area contributed by atoms with Crippen LogP contribution in [0.25, 0.3) is 0 Å². The van der Waals surface area contributed by atoms with Gasteiger partial charge in [-0.15, -0.1) is 23.1 Å². The molecule has 20 heavy (non-hydrogen) atoms. The molecule has 2 saturated heterocycles. The molecule has 3 heterocycles. The van der Waals surface area contributed by atoms with Crippen molar-refractivity contribution >= 4 is 34.9 Å². The molecule has 0 bridgehead atoms. The van der Waals surface area contributed by atoms with E-state index in [4.69, 9.17) is 0 Å². The molecule has 2 aliphatic heterocycles. The second-order valence-electron chi connectivity index (χ2n) is 5.33. The lowest BCUT2D eigenvalue weighted by Crippen LogP contribution is -2.49. The average molecular weight is 311 g/mol. The van der Waals surface area contributed by atoms with Crippen molar-refractivity contribution in [3.63, 3.8) is 0 Å². The first-order valence-electron chi connectivity index (χ1n) is 6.65. The van der Waals surface area contributed by atoms with Crippen molar-refractivity contribution in [1.29, 1.82) is 0 Å². The molecule has 0 spiro atoms. The number of thiazole rings is 1. The lowest BCUT2D eigenvalue weighted by Gasteiger charge is -2.29. The van der Waals surface area contributed by atoms with Crippen LogP contribution in [0.15, 0.2) is 6.20 Å². The number of hydrogen-bond donors (Lipinski definition) is 1. The summed E-state index contributed by atoms with van der Waals surface area (Å²) in [5, 5.41) is 3.92. The Balaban J connectivity index is 1.64. The Labute approximate surface area is 126 Å². The number of carbonyl (C=O) groups excluding carboxylic acids is 2. The molecule has 1 N–H and O–H groups in total. The predicted octanol–water partition coefficient (Wildman–Crippen LogP) is 1.52. The number of fused-ring (bicyclic) bond motifs is 1. The maximum absolute atomic E-state index is 12.3. The molecule has 2 atom stereocenters. The van der Waals surface area contributed by atoms with Crippen LogP contribution < -0.4 is 5.32 Å². The fourth-order valence-corrected chi connectivity index (χ4v) is 4.96. The van der Waals surface area contributed by atoms with Gasteiger partial charge in [0.25, 0.3) is 0 Å². The zero-order chi connectivity index (χ0) is 14.3. The van der Waals surface area contributed by atoms with Crippen molar-refractivity contribution < 1.29 is 9.59 Å². The topological polar surface area (TPSA) is 62.3 Å². The number of nitrogens with zero attached hydrogens (tertiary/aromatic N) is 2. The number of nitrogens with one attached hydrogen (secondary N) is 1. The van der Waals surface area contributed by atoms with Crippen LogP contribution in [0.5, 0.6) is 0 Å². The Morgan fingerprint density at radius 2 is 2.45 bits per heavy atom. The van der Waals surface area contributed by atoms with Gasteiger partial charge in [-0.25, -0.2) is 4.98 Å². The van der Waals surface area contributed by atoms with Crippen LogP contribution in [0.2, 0.25) is 0 Å². The van der Waals surface area contributed by atoms with E-state index in [1.165, 1.54) is 0 Å². The van der Waals surface area contributed by atoms with Gasteiger partial charge >= 0.3 is 0 Å². The van der Waals surface area contributed by atoms with E-state index >= 15 is 0 Å². The molecular formula is C13H17N3O2S2. The summed E-state index contributed by atoms with van der Waals surface area (Å²) in [6.07, 6.45) is 3.18. The highest BCUT2D eigenvalue weighted by Gasteiger charge is 2.52. The molecule has 7 heteroatoms. The highest BCUT2D eigenvalue weighted by Crippen LogP contribution is 2.47. The predicted molar refractivity (Wildman–Crippen MR) is 79.4 cm³/mol. The zero-order valence-electron chi connectivity index (χ0n) is 11.5. The van der Waals surface area contributed by atoms with Gasteiger partial charge in [-0.3, -0.25) is 9.59 Å². The average Bonchev–Trinajstić information content (AvgIpc) is 3.04. The third kappa shape index (κ3) is 2.33. The molecule has 2 aliphatic rings. The highest BCUT2D eigenvalue weighted by molar-refractivity contribution is 8.01. The van der Waals surface area contributed by atoms with Crippen LogP contribution in [-0.4, -0.2) is 38.4 Å². The van der Waals surface area contributed by atoms with E-state index in [0.29, 0.717) is 18.7 Å². The van der Waals surface area contributed by atoms with Gasteiger partial charge in [-0.05, 0) is 20.3 Å². The second kappa shape index (κ2) is 5.04. The smallest absolute Gasteiger partial charge is 0.244 e. The second-order valence-corrected chi connectivity index (χ2v) is 8.15. The maximum atomic E-state index is 12.3. The van der Waals surface area contributed by atoms with Crippen molar-refractivity contribution in [3.05, 3.63) is 16.1 Å². The third-order valence-electron chi connectivity index (χ3n) is 3.85. The van der Waals surface area contributed by atoms with Gasteiger partial charge in [0.1, 0.15) is 6.04 Å². The van der Waals surface area contributed by atoms with Gasteiger partial charge < -0.3 is 10.2 Å². The summed E-state index contributed by atoms with van der Waals surface area (Å²) in [5.41, 5.74) is 0. The summed E-state index contributed by atoms with van der Waals surface area (Å²) in [7, 11) is 0. The van der Waals surface area contributed by atoms with E-state index in [1.54, 1.807) is 34.2 Å². The van der Waals surface area contributed by atoms with Crippen molar-refractivity contribution in [2.75, 3.05) is 5.75 Å². The number of rotatable bonds is 3. The summed E-state index contributed by atoms with van der Waals surface area (Å²) in [5.74, 6) is 0.740. The number of carbonyl (C=O) groups is 2. The minimum Gasteiger partial charge on any atom is -0.349 e. The van der Waals surface area contributed by atoms with Crippen molar-refractivity contribution in [1.82, 2.24) is 15.2 Å². The van der Waals surface area contributed by atoms with E-state index in [9.17, 15) is 9.59 Å². The van der Waals surface area contributed by atoms with Crippen LogP contribution in [0.3, 0.4) is 0 Å². The Bertz CT molecular complexity index is 560. The molecule has 0 aromatic carbocycles. The lowest BCUT2D eigenvalue weighted by atomic mass is 10.2. The summed E-state index contributed by atoms with van der Waals surface area (Å²) < 4.78 is 0. The minimum atomic E-state index is -0.325. The fourth-order valence-electron chi connectivity index (χ4n) is 2.79. The maximum Gasteiger partial charge on any atom is 0.244 e. The van der Waals surface area contributed by atoms with E-state index in [1.807, 2.05) is 6.92 Å². The molecular weight excluding hydrogens is 294 g/mol. The summed E-state index contributed by atoms with van der Waals surface area (Å²) in [6.45, 7) is 4.49. The lowest BCUT2D eigenvalue weighted by molar-refractivity contribution is -0.138. The first-order chi connectivity index (χ1) is 9.49. The van der Waals surface area contributed by atoms with Crippen LogP contribution >= 0.6 is 23.1 Å². The molecule has 5 nitrogen and oxygen atoms in total. The van der Waals surface area contributed by atoms with Crippen molar-refractivity contribution in [3.8, 4) is 0 Å². The van der Waals surface area contributed by atoms with Gasteiger partial charge in [0, 0.05) is 23.2 Å². The molecule has 0 aliphatic carbocycles. The summed E-state index contributed by atoms with van der Waals surface area (Å²) in [4.78, 5) is 31.1. The fraction of sp³-hybridized carbons (Fsp3) is 0.615. The van der Waals surface area contributed by atoms with Gasteiger partial charge in [-0.1, -0.05) is 0 Å². The van der Waals surface area contributed by atoms with Gasteiger partial charge in [0.05, 0.1) is 16.4 Å². The number of amides is 2. The Kier molecular flexibility index (Phi) is 3.50. The number of aromatic nitrogens is 1. The van der Waals surface area contributed by atoms with Crippen LogP contribution in [0.1, 0.15) is 29.7 Å². The molecule has 2 amide bonds. The molecule has 1 aromatic rings. The first-order valence-corrected chi connectivity index (χ1v) is 8.45. The highest BCUT2D eigenvalue weighted by atomic mass is 32.2. The zero-order valence-corrected chi connectivity index (χ0v) is 13.1. The van der Waals surface area contributed by atoms with E-state index < -0.39 is 0 Å². The standard InChI is InChI=1S/C13H17N3O2S2/c1-8-14-5-9(20-8)6-15-12(18)10-7-19-13(2)4-3-11(17)16(10)13/h5,10H,3-4,6-7H2,1-2H3,(H,15,18). The van der Waals surface area contributed by atoms with E-state index in [0.717, 1.165) is 16.3 Å². The SMILES string of the molecule is Cc1ncc(CNC(=O)C2CSC3(C)CCC(=O)N23)s1. The molecule has 0 radical (unpaired) electrons. The van der Waals surface area contributed by atoms with E-state index in [2.05, 4.69) is 17.2 Å². The largest absolute Gasteiger partial charge is 0.349 e. The quantitative estimate of drug-likeness (QED) is 0.919. The molecule has 108 valence electrons. The third-order valence-corrected chi connectivity index (χ3v) is 6.27. The van der Waals surface area contributed by atoms with Gasteiger partial charge in [0.2, 0.25) is 11.8 Å². The summed E-state index contributed by atoms with van der Waals surface area (Å²) >= 11 is 3.30. The monoisotopic (exact) mass is 311 g/mol. The van der Waals surface area contributed by atoms with Crippen molar-refractivity contribution in [2.24, 2.45) is 0 Å². The summed E-state index contributed by atoms with van der Waals surface area (Å²) in [6, 6.07) is -0.325. The van der Waals surface area contributed by atoms with Crippen LogP contribution in [0, 0.1) is 6.92 Å². The van der Waals surface area contributed by atoms with Gasteiger partial charge in [-0.2, -0.15) is 0 Å². The van der Waals surface area contributed by atoms with E-state index in [-0.39, 0.29) is 22.7 Å². The molecule has 2 fully saturated rings. The number of hydrogen-bond acceptors (Lipinski definition) is 5. The molecule has 0 saturated carbocycles. The Morgan fingerprint density at radius 3 is 3.15 bits per heavy atom. The Hall–Kier alpha value is -1.08. The van der Waals surface area contributed by atoms with Gasteiger partial charge in [0.15, 0.2) is 0 Å². The van der Waals surface area contributed by atoms with Crippen molar-refractivity contribution in [2.45, 2.75) is 44.1 Å².